The molecule has 0 aliphatic carbocycles. The minimum Gasteiger partial charge on any atom is -0.393 e. The summed E-state index contributed by atoms with van der Waals surface area (Å²) in [5.74, 6) is 0. The average molecular weight is 337 g/mol. The van der Waals surface area contributed by atoms with Gasteiger partial charge in [0.25, 0.3) is 0 Å². The molecule has 128 valence electrons. The summed E-state index contributed by atoms with van der Waals surface area (Å²) in [4.78, 5) is 0. The van der Waals surface area contributed by atoms with Crippen LogP contribution in [0.3, 0.4) is 0 Å². The lowest BCUT2D eigenvalue weighted by Crippen LogP contribution is -2.27. The Labute approximate surface area is 154 Å². The maximum Gasteiger partial charge on any atom is 0.00413 e. The summed E-state index contributed by atoms with van der Waals surface area (Å²) in [7, 11) is 1.95. The monoisotopic (exact) mass is 337 g/mol. The Bertz CT molecular complexity index is 1200. The van der Waals surface area contributed by atoms with E-state index < -0.39 is 0 Å². The molecule has 0 unspecified atom stereocenters. The number of hydrogen-bond donors (Lipinski definition) is 1. The number of aryl methyl sites for hydroxylation is 1. The lowest BCUT2D eigenvalue weighted by Gasteiger charge is -2.07. The lowest BCUT2D eigenvalue weighted by atomic mass is 9.98. The molecule has 4 aromatic carbocycles. The van der Waals surface area contributed by atoms with Crippen LogP contribution in [0.1, 0.15) is 11.1 Å². The van der Waals surface area contributed by atoms with Crippen molar-refractivity contribution in [2.75, 3.05) is 7.05 Å². The maximum atomic E-state index is 3.18. The molecule has 0 saturated carbocycles. The van der Waals surface area contributed by atoms with Gasteiger partial charge in [0.2, 0.25) is 0 Å². The summed E-state index contributed by atoms with van der Waals surface area (Å²) >= 11 is 0. The number of hydrogen-bond acceptors (Lipinski definition) is 1. The second kappa shape index (κ2) is 7.05. The quantitative estimate of drug-likeness (QED) is 0.588. The van der Waals surface area contributed by atoms with Crippen molar-refractivity contribution in [3.63, 3.8) is 0 Å². The van der Waals surface area contributed by atoms with E-state index in [1.54, 1.807) is 0 Å². The minimum atomic E-state index is 0.926. The molecule has 1 nitrogen and oxygen atoms in total. The largest absolute Gasteiger partial charge is 0.393 e. The van der Waals surface area contributed by atoms with Gasteiger partial charge in [-0.15, -0.1) is 0 Å². The molecular formula is C25H23N. The zero-order valence-corrected chi connectivity index (χ0v) is 15.3. The molecule has 1 heteroatoms. The Morgan fingerprint density at radius 2 is 1.50 bits per heavy atom. The van der Waals surface area contributed by atoms with Crippen molar-refractivity contribution in [2.24, 2.45) is 0 Å². The zero-order valence-electron chi connectivity index (χ0n) is 15.3. The predicted molar refractivity (Wildman–Crippen MR) is 114 cm³/mol. The summed E-state index contributed by atoms with van der Waals surface area (Å²) in [6.45, 7) is 2.21. The van der Waals surface area contributed by atoms with E-state index in [1.807, 2.05) is 7.05 Å². The van der Waals surface area contributed by atoms with Crippen LogP contribution < -0.4 is 15.8 Å². The molecule has 0 fully saturated rings. The fourth-order valence-electron chi connectivity index (χ4n) is 3.65. The summed E-state index contributed by atoms with van der Waals surface area (Å²) in [5.41, 5.74) is 2.73. The highest BCUT2D eigenvalue weighted by Crippen LogP contribution is 2.20. The first kappa shape index (κ1) is 16.4. The average Bonchev–Trinajstić information content (AvgIpc) is 2.67. The Kier molecular flexibility index (Phi) is 4.45. The maximum absolute atomic E-state index is 3.18. The van der Waals surface area contributed by atoms with Crippen molar-refractivity contribution >= 4 is 33.8 Å². The van der Waals surface area contributed by atoms with Crippen molar-refractivity contribution < 1.29 is 0 Å². The standard InChI is InChI=1S/C25H23N/c1-18-15-21-8-3-4-9-22(21)16-20(18)13-14-25-23(17-26-2)12-11-19-7-5-6-10-24(19)25/h3-12,14-17,26H,13H2,1-2H3/b23-17-,25-14+. The molecule has 4 aromatic rings. The molecule has 0 amide bonds. The third kappa shape index (κ3) is 3.09. The molecule has 0 aromatic heterocycles. The van der Waals surface area contributed by atoms with Gasteiger partial charge in [-0.1, -0.05) is 78.9 Å². The fourth-order valence-corrected chi connectivity index (χ4v) is 3.65. The predicted octanol–water partition coefficient (Wildman–Crippen LogP) is 4.28. The SMILES string of the molecule is CN/C=c1/ccc2ccccc2/c1=C/Cc1cc2ccccc2cc1C. The van der Waals surface area contributed by atoms with Crippen LogP contribution in [0.15, 0.2) is 72.8 Å². The number of benzene rings is 4. The van der Waals surface area contributed by atoms with Gasteiger partial charge in [0.15, 0.2) is 0 Å². The van der Waals surface area contributed by atoms with Gasteiger partial charge in [-0.05, 0) is 56.5 Å². The second-order valence-corrected chi connectivity index (χ2v) is 6.76. The van der Waals surface area contributed by atoms with E-state index in [2.05, 4.69) is 97.3 Å². The highest BCUT2D eigenvalue weighted by Gasteiger charge is 2.01. The summed E-state index contributed by atoms with van der Waals surface area (Å²) < 4.78 is 0. The first-order valence-electron chi connectivity index (χ1n) is 9.10. The van der Waals surface area contributed by atoms with E-state index >= 15 is 0 Å². The van der Waals surface area contributed by atoms with Crippen LogP contribution in [0, 0.1) is 6.92 Å². The molecule has 4 rings (SSSR count). The van der Waals surface area contributed by atoms with E-state index in [9.17, 15) is 0 Å². The number of fused-ring (bicyclic) bond motifs is 2. The van der Waals surface area contributed by atoms with Crippen molar-refractivity contribution in [1.29, 1.82) is 0 Å². The lowest BCUT2D eigenvalue weighted by molar-refractivity contribution is 1.17. The first-order valence-corrected chi connectivity index (χ1v) is 9.10. The van der Waals surface area contributed by atoms with E-state index in [4.69, 9.17) is 0 Å². The van der Waals surface area contributed by atoms with Gasteiger partial charge in [-0.2, -0.15) is 0 Å². The minimum absolute atomic E-state index is 0.926. The fraction of sp³-hybridized carbons (Fsp3) is 0.120. The molecule has 0 saturated heterocycles. The molecule has 0 spiro atoms. The van der Waals surface area contributed by atoms with Crippen LogP contribution in [-0.4, -0.2) is 7.05 Å². The van der Waals surface area contributed by atoms with Gasteiger partial charge >= 0.3 is 0 Å². The smallest absolute Gasteiger partial charge is 0.00413 e. The Balaban J connectivity index is 1.88. The Morgan fingerprint density at radius 1 is 0.808 bits per heavy atom. The third-order valence-electron chi connectivity index (χ3n) is 5.03. The zero-order chi connectivity index (χ0) is 17.9. The molecule has 0 bridgehead atoms. The third-order valence-corrected chi connectivity index (χ3v) is 5.03. The van der Waals surface area contributed by atoms with Crippen LogP contribution in [0.5, 0.6) is 0 Å². The van der Waals surface area contributed by atoms with Crippen LogP contribution >= 0.6 is 0 Å². The van der Waals surface area contributed by atoms with Crippen molar-refractivity contribution in [2.45, 2.75) is 13.3 Å². The second-order valence-electron chi connectivity index (χ2n) is 6.76. The first-order chi connectivity index (χ1) is 12.8. The highest BCUT2D eigenvalue weighted by atomic mass is 14.8. The van der Waals surface area contributed by atoms with E-state index in [1.165, 1.54) is 43.1 Å². The van der Waals surface area contributed by atoms with Gasteiger partial charge in [-0.3, -0.25) is 0 Å². The van der Waals surface area contributed by atoms with Crippen LogP contribution in [0.25, 0.3) is 33.8 Å². The van der Waals surface area contributed by atoms with Crippen molar-refractivity contribution in [3.8, 4) is 0 Å². The van der Waals surface area contributed by atoms with Gasteiger partial charge in [0.1, 0.15) is 0 Å². The van der Waals surface area contributed by atoms with Crippen LogP contribution in [0.4, 0.5) is 0 Å². The summed E-state index contributed by atoms with van der Waals surface area (Å²) in [6.07, 6.45) is 5.36. The number of nitrogens with one attached hydrogen (secondary N) is 1. The topological polar surface area (TPSA) is 12.0 Å². The van der Waals surface area contributed by atoms with E-state index in [0.717, 1.165) is 6.42 Å². The van der Waals surface area contributed by atoms with Crippen LogP contribution in [-0.2, 0) is 6.42 Å². The van der Waals surface area contributed by atoms with Crippen molar-refractivity contribution in [3.05, 3.63) is 94.4 Å². The molecule has 1 N–H and O–H groups in total. The van der Waals surface area contributed by atoms with Gasteiger partial charge in [-0.25, -0.2) is 0 Å². The van der Waals surface area contributed by atoms with Gasteiger partial charge in [0.05, 0.1) is 0 Å². The van der Waals surface area contributed by atoms with E-state index in [-0.39, 0.29) is 0 Å². The molecule has 0 heterocycles. The summed E-state index contributed by atoms with van der Waals surface area (Å²) in [5, 5.41) is 10.9. The van der Waals surface area contributed by atoms with Gasteiger partial charge < -0.3 is 5.32 Å². The van der Waals surface area contributed by atoms with Crippen molar-refractivity contribution in [1.82, 2.24) is 5.32 Å². The molecule has 0 aliphatic heterocycles. The van der Waals surface area contributed by atoms with E-state index in [0.29, 0.717) is 0 Å². The Hall–Kier alpha value is -3.06. The van der Waals surface area contributed by atoms with Gasteiger partial charge in [0, 0.05) is 13.2 Å². The molecule has 0 atom stereocenters. The molecule has 0 aliphatic rings. The van der Waals surface area contributed by atoms with Crippen LogP contribution in [0.2, 0.25) is 0 Å². The highest BCUT2D eigenvalue weighted by molar-refractivity contribution is 5.85. The molecule has 26 heavy (non-hydrogen) atoms. The summed E-state index contributed by atoms with van der Waals surface area (Å²) in [6, 6.07) is 26.2. The Morgan fingerprint density at radius 3 is 2.27 bits per heavy atom. The molecular weight excluding hydrogens is 314 g/mol. The molecule has 0 radical (unpaired) electrons. The normalized spacial score (nSPS) is 12.8. The number of rotatable bonds is 3.